The standard InChI is InChI=1S/C16H23NO2/c1-12-4-2-3-5-15(12)19-11-16(10-18,13-6-7-13)17-14-8-9-14/h2-5,13-14,17-18H,6-11H2,1H3. The molecule has 1 aromatic carbocycles. The van der Waals surface area contributed by atoms with Crippen molar-refractivity contribution in [3.8, 4) is 5.75 Å². The van der Waals surface area contributed by atoms with E-state index in [1.807, 2.05) is 18.2 Å². The predicted molar refractivity (Wildman–Crippen MR) is 75.4 cm³/mol. The molecule has 1 unspecified atom stereocenters. The Kier molecular flexibility index (Phi) is 3.50. The van der Waals surface area contributed by atoms with Crippen LogP contribution in [0.3, 0.4) is 0 Å². The first kappa shape index (κ1) is 12.9. The van der Waals surface area contributed by atoms with Crippen molar-refractivity contribution in [1.29, 1.82) is 0 Å². The van der Waals surface area contributed by atoms with Crippen LogP contribution in [0, 0.1) is 12.8 Å². The van der Waals surface area contributed by atoms with E-state index in [4.69, 9.17) is 4.74 Å². The van der Waals surface area contributed by atoms with Crippen LogP contribution in [0.1, 0.15) is 31.2 Å². The molecule has 2 aliphatic rings. The second-order valence-corrected chi connectivity index (χ2v) is 6.06. The minimum absolute atomic E-state index is 0.167. The van der Waals surface area contributed by atoms with E-state index in [1.54, 1.807) is 0 Å². The van der Waals surface area contributed by atoms with Crippen molar-refractivity contribution >= 4 is 0 Å². The average molecular weight is 261 g/mol. The third kappa shape index (κ3) is 2.93. The lowest BCUT2D eigenvalue weighted by atomic mass is 9.95. The van der Waals surface area contributed by atoms with Crippen molar-refractivity contribution in [3.05, 3.63) is 29.8 Å². The molecular weight excluding hydrogens is 238 g/mol. The number of hydrogen-bond donors (Lipinski definition) is 2. The monoisotopic (exact) mass is 261 g/mol. The summed E-state index contributed by atoms with van der Waals surface area (Å²) in [6.45, 7) is 2.79. The Bertz CT molecular complexity index is 440. The maximum Gasteiger partial charge on any atom is 0.122 e. The van der Waals surface area contributed by atoms with E-state index >= 15 is 0 Å². The van der Waals surface area contributed by atoms with Gasteiger partial charge >= 0.3 is 0 Å². The fourth-order valence-electron chi connectivity index (χ4n) is 2.69. The van der Waals surface area contributed by atoms with Gasteiger partial charge in [0, 0.05) is 6.04 Å². The summed E-state index contributed by atoms with van der Waals surface area (Å²) < 4.78 is 6.00. The molecule has 3 rings (SSSR count). The number of ether oxygens (including phenoxy) is 1. The Labute approximate surface area is 115 Å². The topological polar surface area (TPSA) is 41.5 Å². The lowest BCUT2D eigenvalue weighted by Crippen LogP contribution is -2.56. The zero-order valence-corrected chi connectivity index (χ0v) is 11.6. The van der Waals surface area contributed by atoms with Crippen LogP contribution in [0.4, 0.5) is 0 Å². The van der Waals surface area contributed by atoms with E-state index in [0.29, 0.717) is 18.6 Å². The van der Waals surface area contributed by atoms with Gasteiger partial charge in [0.2, 0.25) is 0 Å². The SMILES string of the molecule is Cc1ccccc1OCC(CO)(NC1CC1)C1CC1. The zero-order chi connectivity index (χ0) is 13.3. The molecule has 2 aliphatic carbocycles. The molecule has 0 aromatic heterocycles. The molecular formula is C16H23NO2. The van der Waals surface area contributed by atoms with E-state index in [9.17, 15) is 5.11 Å². The largest absolute Gasteiger partial charge is 0.491 e. The normalized spacial score (nSPS) is 22.0. The maximum atomic E-state index is 9.87. The molecule has 0 aliphatic heterocycles. The summed E-state index contributed by atoms with van der Waals surface area (Å²) >= 11 is 0. The molecule has 2 saturated carbocycles. The molecule has 104 valence electrons. The number of hydrogen-bond acceptors (Lipinski definition) is 3. The van der Waals surface area contributed by atoms with E-state index in [0.717, 1.165) is 11.3 Å². The van der Waals surface area contributed by atoms with Gasteiger partial charge in [-0.15, -0.1) is 0 Å². The average Bonchev–Trinajstić information content (AvgIpc) is 3.28. The van der Waals surface area contributed by atoms with Gasteiger partial charge in [0.1, 0.15) is 12.4 Å². The van der Waals surface area contributed by atoms with Crippen molar-refractivity contribution in [3.63, 3.8) is 0 Å². The number of nitrogens with one attached hydrogen (secondary N) is 1. The van der Waals surface area contributed by atoms with E-state index < -0.39 is 0 Å². The van der Waals surface area contributed by atoms with Crippen LogP contribution in [0.2, 0.25) is 0 Å². The fourth-order valence-corrected chi connectivity index (χ4v) is 2.69. The molecule has 0 bridgehead atoms. The number of aliphatic hydroxyl groups is 1. The van der Waals surface area contributed by atoms with E-state index in [-0.39, 0.29) is 12.1 Å². The van der Waals surface area contributed by atoms with Gasteiger partial charge in [0.25, 0.3) is 0 Å². The van der Waals surface area contributed by atoms with Crippen LogP contribution in [-0.4, -0.2) is 29.9 Å². The number of benzene rings is 1. The van der Waals surface area contributed by atoms with Gasteiger partial charge in [-0.1, -0.05) is 18.2 Å². The van der Waals surface area contributed by atoms with Crippen LogP contribution >= 0.6 is 0 Å². The second kappa shape index (κ2) is 5.14. The summed E-state index contributed by atoms with van der Waals surface area (Å²) in [6, 6.07) is 8.66. The minimum atomic E-state index is -0.233. The smallest absolute Gasteiger partial charge is 0.122 e. The summed E-state index contributed by atoms with van der Waals surface area (Å²) in [5, 5.41) is 13.5. The van der Waals surface area contributed by atoms with E-state index in [2.05, 4.69) is 18.3 Å². The lowest BCUT2D eigenvalue weighted by Gasteiger charge is -2.33. The summed E-state index contributed by atoms with van der Waals surface area (Å²) in [5.41, 5.74) is 0.917. The third-order valence-electron chi connectivity index (χ3n) is 4.29. The van der Waals surface area contributed by atoms with Crippen LogP contribution in [0.5, 0.6) is 5.75 Å². The van der Waals surface area contributed by atoms with Crippen molar-refractivity contribution in [1.82, 2.24) is 5.32 Å². The zero-order valence-electron chi connectivity index (χ0n) is 11.6. The summed E-state index contributed by atoms with van der Waals surface area (Å²) in [7, 11) is 0. The van der Waals surface area contributed by atoms with Crippen molar-refractivity contribution in [2.45, 2.75) is 44.2 Å². The number of para-hydroxylation sites is 1. The highest BCUT2D eigenvalue weighted by molar-refractivity contribution is 5.32. The van der Waals surface area contributed by atoms with Gasteiger partial charge in [-0.25, -0.2) is 0 Å². The lowest BCUT2D eigenvalue weighted by molar-refractivity contribution is 0.0828. The van der Waals surface area contributed by atoms with Crippen LogP contribution in [0.25, 0.3) is 0 Å². The maximum absolute atomic E-state index is 9.87. The molecule has 0 radical (unpaired) electrons. The first-order valence-corrected chi connectivity index (χ1v) is 7.30. The van der Waals surface area contributed by atoms with Gasteiger partial charge in [-0.05, 0) is 50.2 Å². The number of aliphatic hydroxyl groups excluding tert-OH is 1. The quantitative estimate of drug-likeness (QED) is 0.791. The molecule has 2 N–H and O–H groups in total. The summed E-state index contributed by atoms with van der Waals surface area (Å²) in [4.78, 5) is 0. The minimum Gasteiger partial charge on any atom is -0.491 e. The third-order valence-corrected chi connectivity index (χ3v) is 4.29. The molecule has 3 heteroatoms. The molecule has 1 atom stereocenters. The Morgan fingerprint density at radius 3 is 2.58 bits per heavy atom. The van der Waals surface area contributed by atoms with Crippen LogP contribution in [0.15, 0.2) is 24.3 Å². The number of aryl methyl sites for hydroxylation is 1. The molecule has 0 amide bonds. The Hall–Kier alpha value is -1.06. The van der Waals surface area contributed by atoms with Gasteiger partial charge in [0.05, 0.1) is 12.1 Å². The highest BCUT2D eigenvalue weighted by Crippen LogP contribution is 2.41. The molecule has 2 fully saturated rings. The molecule has 1 aromatic rings. The van der Waals surface area contributed by atoms with Gasteiger partial charge < -0.3 is 15.2 Å². The summed E-state index contributed by atoms with van der Waals surface area (Å²) in [5.74, 6) is 1.50. The van der Waals surface area contributed by atoms with Gasteiger partial charge in [-0.2, -0.15) is 0 Å². The molecule has 0 heterocycles. The van der Waals surface area contributed by atoms with Crippen LogP contribution in [-0.2, 0) is 0 Å². The Morgan fingerprint density at radius 1 is 1.26 bits per heavy atom. The van der Waals surface area contributed by atoms with Crippen molar-refractivity contribution in [2.24, 2.45) is 5.92 Å². The van der Waals surface area contributed by atoms with Crippen LogP contribution < -0.4 is 10.1 Å². The Balaban J connectivity index is 1.68. The first-order valence-electron chi connectivity index (χ1n) is 7.30. The molecule has 0 saturated heterocycles. The first-order chi connectivity index (χ1) is 9.23. The highest BCUT2D eigenvalue weighted by atomic mass is 16.5. The van der Waals surface area contributed by atoms with E-state index in [1.165, 1.54) is 25.7 Å². The fraction of sp³-hybridized carbons (Fsp3) is 0.625. The van der Waals surface area contributed by atoms with Gasteiger partial charge in [0.15, 0.2) is 0 Å². The predicted octanol–water partition coefficient (Wildman–Crippen LogP) is 2.27. The summed E-state index contributed by atoms with van der Waals surface area (Å²) in [6.07, 6.45) is 4.88. The second-order valence-electron chi connectivity index (χ2n) is 6.06. The van der Waals surface area contributed by atoms with Gasteiger partial charge in [-0.3, -0.25) is 0 Å². The molecule has 3 nitrogen and oxygen atoms in total. The van der Waals surface area contributed by atoms with Crippen molar-refractivity contribution < 1.29 is 9.84 Å². The van der Waals surface area contributed by atoms with Crippen molar-refractivity contribution in [2.75, 3.05) is 13.2 Å². The Morgan fingerprint density at radius 2 is 2.00 bits per heavy atom. The highest BCUT2D eigenvalue weighted by Gasteiger charge is 2.48. The molecule has 19 heavy (non-hydrogen) atoms. The number of rotatable bonds is 7. The molecule has 0 spiro atoms.